The number of carbonyl (C=O) groups excluding carboxylic acids is 1. The number of thiocarbonyl (C=S) groups is 1. The Hall–Kier alpha value is -2.15. The van der Waals surface area contributed by atoms with E-state index in [0.717, 1.165) is 22.9 Å². The molecule has 3 rings (SSSR count). The maximum absolute atomic E-state index is 12.8. The lowest BCUT2D eigenvalue weighted by atomic mass is 10.0. The fourth-order valence-corrected chi connectivity index (χ4v) is 4.07. The molecule has 1 N–H and O–H groups in total. The highest BCUT2D eigenvalue weighted by molar-refractivity contribution is 8.26. The number of halogens is 1. The molecule has 0 radical (unpaired) electrons. The highest BCUT2D eigenvalue weighted by Crippen LogP contribution is 2.34. The second-order valence-electron chi connectivity index (χ2n) is 5.65. The third-order valence-electron chi connectivity index (χ3n) is 3.86. The lowest BCUT2D eigenvalue weighted by Gasteiger charge is -2.23. The normalized spacial score (nSPS) is 17.0. The van der Waals surface area contributed by atoms with Gasteiger partial charge in [0.25, 0.3) is 5.91 Å². The van der Waals surface area contributed by atoms with Crippen LogP contribution in [0.2, 0.25) is 5.02 Å². The first-order chi connectivity index (χ1) is 12.5. The summed E-state index contributed by atoms with van der Waals surface area (Å²) in [6, 6.07) is 15.2. The molecule has 132 valence electrons. The van der Waals surface area contributed by atoms with Crippen LogP contribution in [0.4, 0.5) is 0 Å². The quantitative estimate of drug-likeness (QED) is 0.597. The first kappa shape index (κ1) is 18.6. The molecule has 26 heavy (non-hydrogen) atoms. The smallest absolute Gasteiger partial charge is 0.327 e. The molecule has 1 saturated heterocycles. The van der Waals surface area contributed by atoms with E-state index in [1.807, 2.05) is 30.3 Å². The van der Waals surface area contributed by atoms with Gasteiger partial charge in [-0.25, -0.2) is 4.79 Å². The molecule has 0 bridgehead atoms. The van der Waals surface area contributed by atoms with Crippen LogP contribution < -0.4 is 0 Å². The van der Waals surface area contributed by atoms with Gasteiger partial charge in [0.15, 0.2) is 0 Å². The van der Waals surface area contributed by atoms with E-state index < -0.39 is 17.9 Å². The summed E-state index contributed by atoms with van der Waals surface area (Å²) in [7, 11) is 0. The summed E-state index contributed by atoms with van der Waals surface area (Å²) in [5.74, 6) is -1.48. The summed E-state index contributed by atoms with van der Waals surface area (Å²) < 4.78 is 0.249. The van der Waals surface area contributed by atoms with Crippen LogP contribution in [0.5, 0.6) is 0 Å². The zero-order chi connectivity index (χ0) is 18.7. The van der Waals surface area contributed by atoms with E-state index in [0.29, 0.717) is 9.93 Å². The Balaban J connectivity index is 1.86. The fourth-order valence-electron chi connectivity index (χ4n) is 2.59. The molecule has 0 spiro atoms. The Bertz CT molecular complexity index is 881. The van der Waals surface area contributed by atoms with Crippen molar-refractivity contribution in [1.29, 1.82) is 0 Å². The molecule has 1 amide bonds. The van der Waals surface area contributed by atoms with Crippen LogP contribution in [0.3, 0.4) is 0 Å². The number of carboxylic acid groups (broad SMARTS) is 1. The first-order valence-electron chi connectivity index (χ1n) is 7.75. The van der Waals surface area contributed by atoms with Crippen molar-refractivity contribution in [3.8, 4) is 0 Å². The van der Waals surface area contributed by atoms with Gasteiger partial charge in [-0.15, -0.1) is 0 Å². The van der Waals surface area contributed by atoms with Crippen molar-refractivity contribution in [1.82, 2.24) is 4.90 Å². The summed E-state index contributed by atoms with van der Waals surface area (Å²) >= 11 is 12.3. The van der Waals surface area contributed by atoms with Crippen LogP contribution in [0.25, 0.3) is 6.08 Å². The van der Waals surface area contributed by atoms with Crippen molar-refractivity contribution in [2.75, 3.05) is 0 Å². The van der Waals surface area contributed by atoms with Gasteiger partial charge in [0, 0.05) is 11.4 Å². The highest BCUT2D eigenvalue weighted by atomic mass is 35.5. The Kier molecular flexibility index (Phi) is 5.76. The molecule has 0 aliphatic carbocycles. The minimum atomic E-state index is -1.09. The summed E-state index contributed by atoms with van der Waals surface area (Å²) in [6.07, 6.45) is 1.88. The second-order valence-corrected chi connectivity index (χ2v) is 7.76. The van der Waals surface area contributed by atoms with Crippen LogP contribution in [-0.2, 0) is 16.0 Å². The van der Waals surface area contributed by atoms with E-state index in [9.17, 15) is 14.7 Å². The number of hydrogen-bond donors (Lipinski definition) is 1. The summed E-state index contributed by atoms with van der Waals surface area (Å²) in [4.78, 5) is 26.2. The Morgan fingerprint density at radius 2 is 1.85 bits per heavy atom. The van der Waals surface area contributed by atoms with Gasteiger partial charge in [-0.1, -0.05) is 78.0 Å². The number of carboxylic acids is 1. The van der Waals surface area contributed by atoms with E-state index in [4.69, 9.17) is 23.8 Å². The number of hydrogen-bond acceptors (Lipinski definition) is 4. The Labute approximate surface area is 165 Å². The van der Waals surface area contributed by atoms with Crippen LogP contribution in [-0.4, -0.2) is 32.2 Å². The van der Waals surface area contributed by atoms with Crippen LogP contribution >= 0.6 is 35.6 Å². The third-order valence-corrected chi connectivity index (χ3v) is 5.44. The molecule has 4 nitrogen and oxygen atoms in total. The molecule has 2 aromatic rings. The molecule has 1 aliphatic heterocycles. The van der Waals surface area contributed by atoms with Crippen molar-refractivity contribution in [2.24, 2.45) is 0 Å². The van der Waals surface area contributed by atoms with Crippen LogP contribution in [0.15, 0.2) is 59.5 Å². The minimum Gasteiger partial charge on any atom is -0.480 e. The van der Waals surface area contributed by atoms with E-state index in [2.05, 4.69) is 0 Å². The monoisotopic (exact) mass is 403 g/mol. The molecular formula is C19H14ClNO3S2. The number of rotatable bonds is 5. The van der Waals surface area contributed by atoms with Crippen molar-refractivity contribution in [3.63, 3.8) is 0 Å². The van der Waals surface area contributed by atoms with Gasteiger partial charge in [0.2, 0.25) is 0 Å². The van der Waals surface area contributed by atoms with E-state index in [-0.39, 0.29) is 10.7 Å². The van der Waals surface area contributed by atoms with Gasteiger partial charge in [-0.2, -0.15) is 0 Å². The average molecular weight is 404 g/mol. The average Bonchev–Trinajstić information content (AvgIpc) is 2.89. The molecule has 1 aliphatic rings. The third kappa shape index (κ3) is 4.15. The fraction of sp³-hybridized carbons (Fsp3) is 0.105. The van der Waals surface area contributed by atoms with Crippen molar-refractivity contribution >= 4 is 57.9 Å². The van der Waals surface area contributed by atoms with Gasteiger partial charge in [0.05, 0.1) is 4.91 Å². The predicted octanol–water partition coefficient (Wildman–Crippen LogP) is 4.24. The molecule has 0 saturated carbocycles. The predicted molar refractivity (Wildman–Crippen MR) is 108 cm³/mol. The Morgan fingerprint density at radius 1 is 1.19 bits per heavy atom. The second kappa shape index (κ2) is 8.03. The number of benzene rings is 2. The van der Waals surface area contributed by atoms with Crippen molar-refractivity contribution in [2.45, 2.75) is 12.5 Å². The maximum atomic E-state index is 12.8. The standard InChI is InChI=1S/C19H14ClNO3S2/c20-14-8-6-13(7-9-14)11-16-17(22)21(19(25)26-16)15(18(23)24)10-12-4-2-1-3-5-12/h1-9,11,15H,10H2,(H,23,24). The van der Waals surface area contributed by atoms with Crippen LogP contribution in [0, 0.1) is 0 Å². The van der Waals surface area contributed by atoms with Crippen molar-refractivity contribution < 1.29 is 14.7 Å². The first-order valence-corrected chi connectivity index (χ1v) is 9.35. The largest absolute Gasteiger partial charge is 0.480 e. The van der Waals surface area contributed by atoms with Gasteiger partial charge in [-0.05, 0) is 29.3 Å². The van der Waals surface area contributed by atoms with Gasteiger partial charge >= 0.3 is 5.97 Å². The number of thioether (sulfide) groups is 1. The summed E-state index contributed by atoms with van der Waals surface area (Å²) in [5.41, 5.74) is 1.63. The van der Waals surface area contributed by atoms with Gasteiger partial charge in [0.1, 0.15) is 10.4 Å². The maximum Gasteiger partial charge on any atom is 0.327 e. The molecule has 1 fully saturated rings. The molecule has 2 aromatic carbocycles. The lowest BCUT2D eigenvalue weighted by Crippen LogP contribution is -2.45. The molecule has 1 atom stereocenters. The number of carbonyl (C=O) groups is 2. The summed E-state index contributed by atoms with van der Waals surface area (Å²) in [6.45, 7) is 0. The van der Waals surface area contributed by atoms with Gasteiger partial charge in [-0.3, -0.25) is 9.69 Å². The molecule has 1 unspecified atom stereocenters. The molecule has 1 heterocycles. The SMILES string of the molecule is O=C(O)C(Cc1ccccc1)N1C(=O)C(=Cc2ccc(Cl)cc2)SC1=S. The molecule has 7 heteroatoms. The Morgan fingerprint density at radius 3 is 2.46 bits per heavy atom. The van der Waals surface area contributed by atoms with E-state index >= 15 is 0 Å². The zero-order valence-electron chi connectivity index (χ0n) is 13.5. The van der Waals surface area contributed by atoms with Gasteiger partial charge < -0.3 is 5.11 Å². The topological polar surface area (TPSA) is 57.6 Å². The number of nitrogens with zero attached hydrogens (tertiary/aromatic N) is 1. The van der Waals surface area contributed by atoms with E-state index in [1.165, 1.54) is 4.90 Å². The molecule has 0 aromatic heterocycles. The number of aliphatic carboxylic acids is 1. The zero-order valence-corrected chi connectivity index (χ0v) is 15.9. The highest BCUT2D eigenvalue weighted by Gasteiger charge is 2.40. The van der Waals surface area contributed by atoms with Crippen LogP contribution in [0.1, 0.15) is 11.1 Å². The van der Waals surface area contributed by atoms with E-state index in [1.54, 1.807) is 30.3 Å². The number of amides is 1. The minimum absolute atomic E-state index is 0.191. The van der Waals surface area contributed by atoms with Crippen molar-refractivity contribution in [3.05, 3.63) is 75.7 Å². The summed E-state index contributed by atoms with van der Waals surface area (Å²) in [5, 5.41) is 10.2. The lowest BCUT2D eigenvalue weighted by molar-refractivity contribution is -0.145. The molecular weight excluding hydrogens is 390 g/mol.